The summed E-state index contributed by atoms with van der Waals surface area (Å²) in [6.07, 6.45) is 10.4. The van der Waals surface area contributed by atoms with Crippen LogP contribution in [0.25, 0.3) is 0 Å². The molecular formula is C23H36O3. The van der Waals surface area contributed by atoms with Crippen molar-refractivity contribution in [1.82, 2.24) is 0 Å². The lowest BCUT2D eigenvalue weighted by Crippen LogP contribution is -2.58. The highest BCUT2D eigenvalue weighted by Crippen LogP contribution is 2.69. The molecule has 26 heavy (non-hydrogen) atoms. The fourth-order valence-electron chi connectivity index (χ4n) is 7.79. The van der Waals surface area contributed by atoms with Crippen molar-refractivity contribution >= 4 is 11.8 Å². The highest BCUT2D eigenvalue weighted by Gasteiger charge is 2.63. The van der Waals surface area contributed by atoms with E-state index in [9.17, 15) is 9.59 Å². The number of fused-ring (bicyclic) bond motifs is 5. The maximum atomic E-state index is 12.2. The minimum Gasteiger partial charge on any atom is -0.462 e. The van der Waals surface area contributed by atoms with Gasteiger partial charge in [0, 0.05) is 24.7 Å². The molecule has 0 aromatic carbocycles. The van der Waals surface area contributed by atoms with Gasteiger partial charge in [-0.05, 0) is 73.5 Å². The Hall–Kier alpha value is -0.860. The van der Waals surface area contributed by atoms with Gasteiger partial charge in [-0.25, -0.2) is 0 Å². The van der Waals surface area contributed by atoms with E-state index in [1.807, 2.05) is 6.92 Å². The van der Waals surface area contributed by atoms with Crippen LogP contribution in [0.5, 0.6) is 0 Å². The van der Waals surface area contributed by atoms with E-state index in [-0.39, 0.29) is 22.9 Å². The summed E-state index contributed by atoms with van der Waals surface area (Å²) in [4.78, 5) is 24.1. The van der Waals surface area contributed by atoms with Crippen LogP contribution in [0.2, 0.25) is 0 Å². The second-order valence-corrected chi connectivity index (χ2v) is 10.6. The van der Waals surface area contributed by atoms with Gasteiger partial charge in [0.1, 0.15) is 11.9 Å². The molecule has 4 aliphatic rings. The molecule has 0 spiro atoms. The topological polar surface area (TPSA) is 43.4 Å². The molecular weight excluding hydrogens is 324 g/mol. The number of hydrogen-bond acceptors (Lipinski definition) is 3. The molecule has 3 heteroatoms. The molecule has 4 fully saturated rings. The van der Waals surface area contributed by atoms with Crippen LogP contribution in [0.3, 0.4) is 0 Å². The lowest BCUT2D eigenvalue weighted by molar-refractivity contribution is -0.174. The van der Waals surface area contributed by atoms with Crippen LogP contribution in [0, 0.1) is 34.0 Å². The van der Waals surface area contributed by atoms with Gasteiger partial charge in [-0.2, -0.15) is 0 Å². The third-order valence-corrected chi connectivity index (χ3v) is 9.65. The van der Waals surface area contributed by atoms with Crippen LogP contribution in [0.4, 0.5) is 0 Å². The Balaban J connectivity index is 1.59. The normalized spacial score (nSPS) is 50.5. The predicted octanol–water partition coefficient (Wildman–Crippen LogP) is 5.31. The molecule has 0 aliphatic heterocycles. The van der Waals surface area contributed by atoms with E-state index < -0.39 is 0 Å². The van der Waals surface area contributed by atoms with Crippen LogP contribution >= 0.6 is 0 Å². The largest absolute Gasteiger partial charge is 0.462 e. The van der Waals surface area contributed by atoms with Gasteiger partial charge in [0.25, 0.3) is 0 Å². The van der Waals surface area contributed by atoms with Gasteiger partial charge in [-0.3, -0.25) is 9.59 Å². The quantitative estimate of drug-likeness (QED) is 0.627. The third-order valence-electron chi connectivity index (χ3n) is 9.65. The molecule has 146 valence electrons. The van der Waals surface area contributed by atoms with Crippen molar-refractivity contribution < 1.29 is 14.3 Å². The lowest BCUT2D eigenvalue weighted by Gasteiger charge is -2.64. The number of esters is 1. The maximum Gasteiger partial charge on any atom is 0.305 e. The van der Waals surface area contributed by atoms with E-state index in [0.29, 0.717) is 23.5 Å². The zero-order valence-corrected chi connectivity index (χ0v) is 17.1. The Morgan fingerprint density at radius 1 is 1.04 bits per heavy atom. The summed E-state index contributed by atoms with van der Waals surface area (Å²) in [6.45, 7) is 9.19. The summed E-state index contributed by atoms with van der Waals surface area (Å²) in [7, 11) is 0. The average Bonchev–Trinajstić information content (AvgIpc) is 2.92. The van der Waals surface area contributed by atoms with Crippen molar-refractivity contribution in [2.45, 2.75) is 98.0 Å². The van der Waals surface area contributed by atoms with Gasteiger partial charge in [-0.1, -0.05) is 27.7 Å². The molecule has 0 aromatic rings. The van der Waals surface area contributed by atoms with Crippen LogP contribution < -0.4 is 0 Å². The smallest absolute Gasteiger partial charge is 0.305 e. The van der Waals surface area contributed by atoms with Crippen molar-refractivity contribution in [3.8, 4) is 0 Å². The first-order chi connectivity index (χ1) is 12.2. The van der Waals surface area contributed by atoms with Gasteiger partial charge in [0.15, 0.2) is 0 Å². The van der Waals surface area contributed by atoms with Crippen molar-refractivity contribution in [3.05, 3.63) is 0 Å². The second kappa shape index (κ2) is 6.07. The average molecular weight is 361 g/mol. The van der Waals surface area contributed by atoms with E-state index in [0.717, 1.165) is 37.5 Å². The Bertz CT molecular complexity index is 613. The van der Waals surface area contributed by atoms with E-state index in [4.69, 9.17) is 4.74 Å². The van der Waals surface area contributed by atoms with E-state index in [1.54, 1.807) is 0 Å². The fourth-order valence-corrected chi connectivity index (χ4v) is 7.79. The Morgan fingerprint density at radius 2 is 1.81 bits per heavy atom. The van der Waals surface area contributed by atoms with Gasteiger partial charge in [0.2, 0.25) is 0 Å². The zero-order chi connectivity index (χ0) is 18.7. The fraction of sp³-hybridized carbons (Fsp3) is 0.913. The SMILES string of the molecule is CCC(=O)O[C@H]1CC[C@H]2[C@@H]3CC[C@@]4(C)CC(=O)CC[C@]4(C)[C@H]3CC[C@]12C. The molecule has 0 bridgehead atoms. The minimum atomic E-state index is -0.0343. The molecule has 0 radical (unpaired) electrons. The predicted molar refractivity (Wildman–Crippen MR) is 102 cm³/mol. The molecule has 4 aliphatic carbocycles. The molecule has 0 aromatic heterocycles. The summed E-state index contributed by atoms with van der Waals surface area (Å²) < 4.78 is 5.89. The summed E-state index contributed by atoms with van der Waals surface area (Å²) >= 11 is 0. The maximum absolute atomic E-state index is 12.2. The Labute approximate surface area is 158 Å². The monoisotopic (exact) mass is 360 g/mol. The van der Waals surface area contributed by atoms with Crippen LogP contribution in [-0.4, -0.2) is 17.9 Å². The molecule has 3 nitrogen and oxygen atoms in total. The molecule has 0 amide bonds. The van der Waals surface area contributed by atoms with E-state index in [2.05, 4.69) is 20.8 Å². The van der Waals surface area contributed by atoms with Gasteiger partial charge in [-0.15, -0.1) is 0 Å². The zero-order valence-electron chi connectivity index (χ0n) is 17.1. The number of carbonyl (C=O) groups is 2. The highest BCUT2D eigenvalue weighted by molar-refractivity contribution is 5.80. The number of carbonyl (C=O) groups excluding carboxylic acids is 2. The van der Waals surface area contributed by atoms with Gasteiger partial charge < -0.3 is 4.74 Å². The van der Waals surface area contributed by atoms with Crippen LogP contribution in [0.1, 0.15) is 91.9 Å². The first-order valence-electron chi connectivity index (χ1n) is 10.9. The summed E-state index contributed by atoms with van der Waals surface area (Å²) in [5, 5.41) is 0. The summed E-state index contributed by atoms with van der Waals surface area (Å²) in [5.74, 6) is 2.64. The molecule has 4 rings (SSSR count). The second-order valence-electron chi connectivity index (χ2n) is 10.6. The number of ketones is 1. The van der Waals surface area contributed by atoms with Crippen LogP contribution in [0.15, 0.2) is 0 Å². The molecule has 0 unspecified atom stereocenters. The molecule has 0 heterocycles. The summed E-state index contributed by atoms with van der Waals surface area (Å²) in [6, 6.07) is 0. The van der Waals surface area contributed by atoms with Gasteiger partial charge in [0.05, 0.1) is 0 Å². The first-order valence-corrected chi connectivity index (χ1v) is 10.9. The molecule has 7 atom stereocenters. The number of Topliss-reactive ketones (excluding diaryl/α,β-unsaturated/α-hetero) is 1. The van der Waals surface area contributed by atoms with E-state index in [1.165, 1.54) is 32.1 Å². The highest BCUT2D eigenvalue weighted by atomic mass is 16.5. The number of rotatable bonds is 2. The van der Waals surface area contributed by atoms with Gasteiger partial charge >= 0.3 is 5.97 Å². The Kier molecular flexibility index (Phi) is 4.32. The lowest BCUT2D eigenvalue weighted by atomic mass is 9.40. The number of ether oxygens (including phenoxy) is 1. The Morgan fingerprint density at radius 3 is 2.54 bits per heavy atom. The standard InChI is InChI=1S/C23H36O3/c1-5-20(25)26-19-7-6-17-16-9-11-21(2)14-15(24)8-13-23(21,4)18(16)10-12-22(17,19)3/h16-19H,5-14H2,1-4H3/t16-,17-,18-,19-,21-,22-,23+/m0/s1. The molecule has 0 N–H and O–H groups in total. The van der Waals surface area contributed by atoms with Crippen molar-refractivity contribution in [2.24, 2.45) is 34.0 Å². The summed E-state index contributed by atoms with van der Waals surface area (Å²) in [5.41, 5.74) is 0.674. The van der Waals surface area contributed by atoms with Crippen LogP contribution in [-0.2, 0) is 14.3 Å². The van der Waals surface area contributed by atoms with Crippen molar-refractivity contribution in [2.75, 3.05) is 0 Å². The van der Waals surface area contributed by atoms with Crippen molar-refractivity contribution in [3.63, 3.8) is 0 Å². The molecule has 4 saturated carbocycles. The van der Waals surface area contributed by atoms with E-state index >= 15 is 0 Å². The minimum absolute atomic E-state index is 0.0343. The van der Waals surface area contributed by atoms with Crippen molar-refractivity contribution in [1.29, 1.82) is 0 Å². The first kappa shape index (κ1) is 18.5. The number of hydrogen-bond donors (Lipinski definition) is 0. The third kappa shape index (κ3) is 2.44. The molecule has 0 saturated heterocycles.